The number of anilines is 2. The topological polar surface area (TPSA) is 71.1 Å². The molecule has 1 heterocycles. The van der Waals surface area contributed by atoms with Crippen molar-refractivity contribution in [2.75, 3.05) is 10.6 Å². The van der Waals surface area contributed by atoms with Crippen molar-refractivity contribution in [3.05, 3.63) is 94.4 Å². The molecule has 4 rings (SSSR count). The van der Waals surface area contributed by atoms with Gasteiger partial charge in [0.05, 0.1) is 10.9 Å². The lowest BCUT2D eigenvalue weighted by Gasteiger charge is -2.14. The molecule has 0 bridgehead atoms. The van der Waals surface area contributed by atoms with Gasteiger partial charge in [-0.05, 0) is 57.5 Å². The molecule has 4 aromatic rings. The summed E-state index contributed by atoms with van der Waals surface area (Å²) in [7, 11) is 0. The lowest BCUT2D eigenvalue weighted by molar-refractivity contribution is -0.115. The van der Waals surface area contributed by atoms with E-state index in [1.807, 2.05) is 69.3 Å². The number of thioether (sulfide) groups is 1. The average molecular weight is 516 g/mol. The fourth-order valence-electron chi connectivity index (χ4n) is 3.66. The number of aromatic nitrogens is 1. The Balaban J connectivity index is 1.41. The van der Waals surface area contributed by atoms with Crippen LogP contribution in [0.5, 0.6) is 0 Å². The fourth-order valence-corrected chi connectivity index (χ4v) is 5.51. The van der Waals surface area contributed by atoms with Crippen molar-refractivity contribution in [2.24, 2.45) is 0 Å². The summed E-state index contributed by atoms with van der Waals surface area (Å²) in [6.45, 7) is 8.05. The minimum Gasteiger partial charge on any atom is -0.322 e. The quantitative estimate of drug-likeness (QED) is 0.238. The van der Waals surface area contributed by atoms with E-state index >= 15 is 0 Å². The third-order valence-electron chi connectivity index (χ3n) is 5.70. The van der Waals surface area contributed by atoms with Crippen LogP contribution >= 0.6 is 23.1 Å². The van der Waals surface area contributed by atoms with Gasteiger partial charge in [0.2, 0.25) is 5.91 Å². The number of nitrogens with one attached hydrogen (secondary N) is 2. The van der Waals surface area contributed by atoms with Crippen molar-refractivity contribution < 1.29 is 9.59 Å². The van der Waals surface area contributed by atoms with Gasteiger partial charge in [-0.15, -0.1) is 23.1 Å². The van der Waals surface area contributed by atoms with E-state index in [9.17, 15) is 9.59 Å². The molecule has 0 fully saturated rings. The summed E-state index contributed by atoms with van der Waals surface area (Å²) in [5.74, 6) is -0.244. The number of hydrogen-bond donors (Lipinski definition) is 2. The third-order valence-corrected chi connectivity index (χ3v) is 7.94. The molecule has 3 aromatic carbocycles. The lowest BCUT2D eigenvalue weighted by atomic mass is 10.1. The van der Waals surface area contributed by atoms with E-state index in [0.717, 1.165) is 26.6 Å². The zero-order valence-electron chi connectivity index (χ0n) is 20.8. The first-order valence-corrected chi connectivity index (χ1v) is 13.5. The molecular weight excluding hydrogens is 486 g/mol. The number of rotatable bonds is 8. The Morgan fingerprint density at radius 2 is 1.58 bits per heavy atom. The van der Waals surface area contributed by atoms with Crippen LogP contribution in [-0.4, -0.2) is 22.0 Å². The Kier molecular flexibility index (Phi) is 8.23. The third kappa shape index (κ3) is 6.42. The molecule has 1 aromatic heterocycles. The van der Waals surface area contributed by atoms with E-state index in [0.29, 0.717) is 22.8 Å². The molecule has 1 unspecified atom stereocenters. The molecule has 7 heteroatoms. The van der Waals surface area contributed by atoms with E-state index in [4.69, 9.17) is 0 Å². The number of carbonyl (C=O) groups is 2. The smallest absolute Gasteiger partial charge is 0.255 e. The standard InChI is InChI=1S/C29H29N3O2S2/c1-5-25(28(34)32-29-31-26(20(4)35-29)21-13-9-18(2)10-14-21)36-24-8-6-7-23(17-24)30-27(33)22-15-11-19(3)12-16-22/h6-17,25H,5H2,1-4H3,(H,30,33)(H,31,32,34). The second-order valence-corrected chi connectivity index (χ2v) is 11.1. The van der Waals surface area contributed by atoms with Gasteiger partial charge in [-0.3, -0.25) is 9.59 Å². The summed E-state index contributed by atoms with van der Waals surface area (Å²) in [5, 5.41) is 6.26. The van der Waals surface area contributed by atoms with Gasteiger partial charge in [0, 0.05) is 26.6 Å². The highest BCUT2D eigenvalue weighted by Crippen LogP contribution is 2.32. The van der Waals surface area contributed by atoms with E-state index in [-0.39, 0.29) is 17.1 Å². The SMILES string of the molecule is CCC(Sc1cccc(NC(=O)c2ccc(C)cc2)c1)C(=O)Nc1nc(-c2ccc(C)cc2)c(C)s1. The van der Waals surface area contributed by atoms with Crippen molar-refractivity contribution in [2.45, 2.75) is 44.3 Å². The molecule has 0 saturated carbocycles. The predicted molar refractivity (Wildman–Crippen MR) is 151 cm³/mol. The molecule has 2 N–H and O–H groups in total. The number of nitrogens with zero attached hydrogens (tertiary/aromatic N) is 1. The van der Waals surface area contributed by atoms with Crippen LogP contribution < -0.4 is 10.6 Å². The van der Waals surface area contributed by atoms with Crippen molar-refractivity contribution >= 4 is 45.7 Å². The first-order chi connectivity index (χ1) is 17.3. The van der Waals surface area contributed by atoms with Gasteiger partial charge in [0.1, 0.15) is 0 Å². The second kappa shape index (κ2) is 11.5. The second-order valence-electron chi connectivity index (χ2n) is 8.64. The number of aryl methyl sites for hydroxylation is 3. The molecule has 36 heavy (non-hydrogen) atoms. The molecule has 0 spiro atoms. The summed E-state index contributed by atoms with van der Waals surface area (Å²) in [6, 6.07) is 23.3. The highest BCUT2D eigenvalue weighted by Gasteiger charge is 2.21. The van der Waals surface area contributed by atoms with Gasteiger partial charge in [0.25, 0.3) is 5.91 Å². The summed E-state index contributed by atoms with van der Waals surface area (Å²) in [4.78, 5) is 32.3. The maximum Gasteiger partial charge on any atom is 0.255 e. The van der Waals surface area contributed by atoms with Gasteiger partial charge in [-0.25, -0.2) is 4.98 Å². The maximum atomic E-state index is 13.1. The van der Waals surface area contributed by atoms with E-state index in [1.54, 1.807) is 0 Å². The Labute approximate surface area is 220 Å². The van der Waals surface area contributed by atoms with Crippen LogP contribution in [0.4, 0.5) is 10.8 Å². The van der Waals surface area contributed by atoms with Crippen LogP contribution in [0.3, 0.4) is 0 Å². The van der Waals surface area contributed by atoms with Crippen molar-refractivity contribution in [1.82, 2.24) is 4.98 Å². The van der Waals surface area contributed by atoms with Crippen LogP contribution in [0.2, 0.25) is 0 Å². The van der Waals surface area contributed by atoms with E-state index in [2.05, 4.69) is 46.8 Å². The van der Waals surface area contributed by atoms with Crippen LogP contribution in [0.1, 0.15) is 39.7 Å². The highest BCUT2D eigenvalue weighted by molar-refractivity contribution is 8.00. The number of thiazole rings is 1. The van der Waals surface area contributed by atoms with Crippen LogP contribution in [0, 0.1) is 20.8 Å². The van der Waals surface area contributed by atoms with E-state index < -0.39 is 0 Å². The van der Waals surface area contributed by atoms with Crippen LogP contribution in [0.25, 0.3) is 11.3 Å². The molecule has 0 aliphatic carbocycles. The molecule has 184 valence electrons. The Hall–Kier alpha value is -3.42. The normalized spacial score (nSPS) is 11.7. The summed E-state index contributed by atoms with van der Waals surface area (Å²) < 4.78 is 0. The Morgan fingerprint density at radius 3 is 2.25 bits per heavy atom. The minimum atomic E-state index is -0.292. The van der Waals surface area contributed by atoms with Crippen LogP contribution in [-0.2, 0) is 4.79 Å². The zero-order valence-corrected chi connectivity index (χ0v) is 22.4. The monoisotopic (exact) mass is 515 g/mol. The van der Waals surface area contributed by atoms with Crippen molar-refractivity contribution in [3.8, 4) is 11.3 Å². The molecule has 0 saturated heterocycles. The largest absolute Gasteiger partial charge is 0.322 e. The first kappa shape index (κ1) is 25.7. The zero-order chi connectivity index (χ0) is 25.7. The van der Waals surface area contributed by atoms with Gasteiger partial charge in [0.15, 0.2) is 5.13 Å². The number of carbonyl (C=O) groups excluding carboxylic acids is 2. The molecule has 5 nitrogen and oxygen atoms in total. The Morgan fingerprint density at radius 1 is 0.917 bits per heavy atom. The lowest BCUT2D eigenvalue weighted by Crippen LogP contribution is -2.24. The maximum absolute atomic E-state index is 13.1. The molecule has 0 radical (unpaired) electrons. The summed E-state index contributed by atoms with van der Waals surface area (Å²) >= 11 is 2.96. The van der Waals surface area contributed by atoms with Gasteiger partial charge >= 0.3 is 0 Å². The fraction of sp³-hybridized carbons (Fsp3) is 0.207. The average Bonchev–Trinajstić information content (AvgIpc) is 3.23. The number of benzene rings is 3. The number of amides is 2. The first-order valence-electron chi connectivity index (χ1n) is 11.8. The predicted octanol–water partition coefficient (Wildman–Crippen LogP) is 7.50. The molecule has 1 atom stereocenters. The minimum absolute atomic E-state index is 0.0826. The molecule has 0 aliphatic rings. The molecular formula is C29H29N3O2S2. The number of hydrogen-bond acceptors (Lipinski definition) is 5. The molecule has 2 amide bonds. The summed E-state index contributed by atoms with van der Waals surface area (Å²) in [5.41, 5.74) is 5.54. The van der Waals surface area contributed by atoms with E-state index in [1.165, 1.54) is 28.7 Å². The van der Waals surface area contributed by atoms with Crippen molar-refractivity contribution in [3.63, 3.8) is 0 Å². The van der Waals surface area contributed by atoms with Gasteiger partial charge in [-0.2, -0.15) is 0 Å². The summed E-state index contributed by atoms with van der Waals surface area (Å²) in [6.07, 6.45) is 0.658. The highest BCUT2D eigenvalue weighted by atomic mass is 32.2. The molecule has 0 aliphatic heterocycles. The van der Waals surface area contributed by atoms with Crippen molar-refractivity contribution in [1.29, 1.82) is 0 Å². The van der Waals surface area contributed by atoms with Gasteiger partial charge in [-0.1, -0.05) is 60.5 Å². The van der Waals surface area contributed by atoms with Crippen LogP contribution in [0.15, 0.2) is 77.7 Å². The van der Waals surface area contributed by atoms with Gasteiger partial charge < -0.3 is 10.6 Å². The Bertz CT molecular complexity index is 1360.